The van der Waals surface area contributed by atoms with Crippen LogP contribution in [-0.2, 0) is 6.54 Å². The van der Waals surface area contributed by atoms with E-state index >= 15 is 0 Å². The molecule has 0 amide bonds. The minimum Gasteiger partial charge on any atom is -0.297 e. The van der Waals surface area contributed by atoms with Gasteiger partial charge in [-0.1, -0.05) is 19.3 Å². The highest BCUT2D eigenvalue weighted by atomic mass is 15.3. The third-order valence-corrected chi connectivity index (χ3v) is 5.74. The maximum Gasteiger partial charge on any atom is 0.131 e. The van der Waals surface area contributed by atoms with Crippen LogP contribution in [0.5, 0.6) is 0 Å². The van der Waals surface area contributed by atoms with Gasteiger partial charge in [-0.2, -0.15) is 5.10 Å². The fraction of sp³-hybridized carbons (Fsp3) is 0.650. The summed E-state index contributed by atoms with van der Waals surface area (Å²) in [6.45, 7) is 7.35. The highest BCUT2D eigenvalue weighted by Gasteiger charge is 2.26. The van der Waals surface area contributed by atoms with Crippen molar-refractivity contribution in [3.05, 3.63) is 41.2 Å². The Hall–Kier alpha value is -1.75. The second-order valence-corrected chi connectivity index (χ2v) is 7.83. The molecule has 0 radical (unpaired) electrons. The van der Waals surface area contributed by atoms with E-state index in [1.165, 1.54) is 49.8 Å². The van der Waals surface area contributed by atoms with Crippen molar-refractivity contribution in [3.8, 4) is 0 Å². The minimum absolute atomic E-state index is 0.496. The zero-order valence-electron chi connectivity index (χ0n) is 15.5. The standard InChI is InChI=1S/C20H29N5/c1-15-10-16(2)25(23-15)19-8-9-24(14-19)13-17-11-21-20(22-12-17)18-6-4-3-5-7-18/h10-12,18-19H,3-9,13-14H2,1-2H3. The number of aromatic nitrogens is 4. The van der Waals surface area contributed by atoms with Gasteiger partial charge in [-0.15, -0.1) is 0 Å². The van der Waals surface area contributed by atoms with Gasteiger partial charge in [0.1, 0.15) is 5.82 Å². The predicted molar refractivity (Wildman–Crippen MR) is 98.5 cm³/mol. The molecule has 1 unspecified atom stereocenters. The Morgan fingerprint density at radius 3 is 2.48 bits per heavy atom. The summed E-state index contributed by atoms with van der Waals surface area (Å²) in [5.41, 5.74) is 3.61. The van der Waals surface area contributed by atoms with Gasteiger partial charge in [-0.25, -0.2) is 9.97 Å². The third kappa shape index (κ3) is 3.76. The fourth-order valence-electron chi connectivity index (χ4n) is 4.45. The monoisotopic (exact) mass is 339 g/mol. The van der Waals surface area contributed by atoms with Gasteiger partial charge in [0.2, 0.25) is 0 Å². The van der Waals surface area contributed by atoms with Crippen LogP contribution in [0.1, 0.15) is 73.3 Å². The molecule has 2 fully saturated rings. The van der Waals surface area contributed by atoms with Gasteiger partial charge in [0.25, 0.3) is 0 Å². The molecule has 4 rings (SSSR count). The second-order valence-electron chi connectivity index (χ2n) is 7.83. The number of hydrogen-bond acceptors (Lipinski definition) is 4. The molecule has 2 aromatic heterocycles. The fourth-order valence-corrected chi connectivity index (χ4v) is 4.45. The Morgan fingerprint density at radius 2 is 1.80 bits per heavy atom. The molecule has 2 aromatic rings. The topological polar surface area (TPSA) is 46.8 Å². The van der Waals surface area contributed by atoms with Gasteiger partial charge >= 0.3 is 0 Å². The molecule has 1 aliphatic heterocycles. The minimum atomic E-state index is 0.496. The molecule has 0 N–H and O–H groups in total. The zero-order chi connectivity index (χ0) is 17.2. The van der Waals surface area contributed by atoms with Crippen molar-refractivity contribution in [1.82, 2.24) is 24.6 Å². The molecule has 134 valence electrons. The Labute approximate surface area is 150 Å². The van der Waals surface area contributed by atoms with Gasteiger partial charge in [-0.3, -0.25) is 9.58 Å². The first-order valence-electron chi connectivity index (χ1n) is 9.75. The first-order chi connectivity index (χ1) is 12.2. The molecule has 2 aliphatic rings. The van der Waals surface area contributed by atoms with Crippen LogP contribution in [0.4, 0.5) is 0 Å². The number of likely N-dealkylation sites (tertiary alicyclic amines) is 1. The molecule has 0 spiro atoms. The van der Waals surface area contributed by atoms with Crippen LogP contribution in [0.25, 0.3) is 0 Å². The van der Waals surface area contributed by atoms with Gasteiger partial charge in [-0.05, 0) is 39.2 Å². The van der Waals surface area contributed by atoms with Crippen molar-refractivity contribution in [2.24, 2.45) is 0 Å². The molecule has 1 aliphatic carbocycles. The Morgan fingerprint density at radius 1 is 1.04 bits per heavy atom. The second kappa shape index (κ2) is 7.24. The van der Waals surface area contributed by atoms with E-state index in [9.17, 15) is 0 Å². The smallest absolute Gasteiger partial charge is 0.131 e. The molecule has 1 atom stereocenters. The summed E-state index contributed by atoms with van der Waals surface area (Å²) >= 11 is 0. The Bertz CT molecular complexity index is 699. The van der Waals surface area contributed by atoms with E-state index in [1.807, 2.05) is 12.4 Å². The van der Waals surface area contributed by atoms with E-state index < -0.39 is 0 Å². The molecule has 5 heteroatoms. The van der Waals surface area contributed by atoms with Gasteiger partial charge < -0.3 is 0 Å². The molecule has 0 aromatic carbocycles. The maximum atomic E-state index is 4.68. The van der Waals surface area contributed by atoms with Crippen molar-refractivity contribution in [2.45, 2.75) is 70.9 Å². The van der Waals surface area contributed by atoms with E-state index in [0.29, 0.717) is 12.0 Å². The highest BCUT2D eigenvalue weighted by Crippen LogP contribution is 2.30. The van der Waals surface area contributed by atoms with E-state index in [-0.39, 0.29) is 0 Å². The van der Waals surface area contributed by atoms with E-state index in [4.69, 9.17) is 0 Å². The average Bonchev–Trinajstić information content (AvgIpc) is 3.22. The highest BCUT2D eigenvalue weighted by molar-refractivity contribution is 5.10. The lowest BCUT2D eigenvalue weighted by atomic mass is 9.89. The van der Waals surface area contributed by atoms with E-state index in [2.05, 4.69) is 44.6 Å². The Balaban J connectivity index is 1.35. The molecule has 3 heterocycles. The normalized spacial score (nSPS) is 22.6. The van der Waals surface area contributed by atoms with Gasteiger partial charge in [0, 0.05) is 49.2 Å². The Kier molecular flexibility index (Phi) is 4.84. The zero-order valence-corrected chi connectivity index (χ0v) is 15.5. The first kappa shape index (κ1) is 16.7. The van der Waals surface area contributed by atoms with Crippen LogP contribution in [0.3, 0.4) is 0 Å². The van der Waals surface area contributed by atoms with Crippen molar-refractivity contribution < 1.29 is 0 Å². The lowest BCUT2D eigenvalue weighted by Gasteiger charge is -2.20. The number of hydrogen-bond donors (Lipinski definition) is 0. The summed E-state index contributed by atoms with van der Waals surface area (Å²) in [6.07, 6.45) is 11.8. The summed E-state index contributed by atoms with van der Waals surface area (Å²) in [5, 5.41) is 4.66. The number of nitrogens with zero attached hydrogens (tertiary/aromatic N) is 5. The van der Waals surface area contributed by atoms with Crippen LogP contribution in [-0.4, -0.2) is 37.7 Å². The van der Waals surface area contributed by atoms with Crippen molar-refractivity contribution in [2.75, 3.05) is 13.1 Å². The summed E-state index contributed by atoms with van der Waals surface area (Å²) < 4.78 is 2.21. The predicted octanol–water partition coefficient (Wildman–Crippen LogP) is 3.78. The number of rotatable bonds is 4. The molecule has 1 saturated carbocycles. The molecule has 0 bridgehead atoms. The van der Waals surface area contributed by atoms with Gasteiger partial charge in [0.15, 0.2) is 0 Å². The first-order valence-corrected chi connectivity index (χ1v) is 9.75. The molecule has 5 nitrogen and oxygen atoms in total. The molecular formula is C20H29N5. The van der Waals surface area contributed by atoms with Crippen LogP contribution in [0.15, 0.2) is 18.5 Å². The SMILES string of the molecule is Cc1cc(C)n(C2CCN(Cc3cnc(C4CCCCC4)nc3)C2)n1. The van der Waals surface area contributed by atoms with Crippen molar-refractivity contribution in [3.63, 3.8) is 0 Å². The summed E-state index contributed by atoms with van der Waals surface area (Å²) in [7, 11) is 0. The molecule has 1 saturated heterocycles. The lowest BCUT2D eigenvalue weighted by molar-refractivity contribution is 0.309. The lowest BCUT2D eigenvalue weighted by Crippen LogP contribution is -2.22. The van der Waals surface area contributed by atoms with E-state index in [0.717, 1.165) is 31.2 Å². The average molecular weight is 339 g/mol. The molecular weight excluding hydrogens is 310 g/mol. The summed E-state index contributed by atoms with van der Waals surface area (Å²) in [5.74, 6) is 1.65. The van der Waals surface area contributed by atoms with Gasteiger partial charge in [0.05, 0.1) is 11.7 Å². The van der Waals surface area contributed by atoms with E-state index in [1.54, 1.807) is 0 Å². The molecule has 25 heavy (non-hydrogen) atoms. The quantitative estimate of drug-likeness (QED) is 0.850. The van der Waals surface area contributed by atoms with Crippen LogP contribution in [0.2, 0.25) is 0 Å². The summed E-state index contributed by atoms with van der Waals surface area (Å²) in [6, 6.07) is 2.66. The largest absolute Gasteiger partial charge is 0.297 e. The van der Waals surface area contributed by atoms with Crippen molar-refractivity contribution in [1.29, 1.82) is 0 Å². The third-order valence-electron chi connectivity index (χ3n) is 5.74. The maximum absolute atomic E-state index is 4.68. The van der Waals surface area contributed by atoms with Crippen LogP contribution < -0.4 is 0 Å². The van der Waals surface area contributed by atoms with Crippen molar-refractivity contribution >= 4 is 0 Å². The number of aryl methyl sites for hydroxylation is 2. The van der Waals surface area contributed by atoms with Crippen LogP contribution >= 0.6 is 0 Å². The van der Waals surface area contributed by atoms with Crippen LogP contribution in [0, 0.1) is 13.8 Å². The summed E-state index contributed by atoms with van der Waals surface area (Å²) in [4.78, 5) is 11.9.